The van der Waals surface area contributed by atoms with Gasteiger partial charge in [-0.1, -0.05) is 53.2 Å². The lowest BCUT2D eigenvalue weighted by Crippen LogP contribution is -2.62. The molecule has 0 N–H and O–H groups in total. The molecule has 6 nitrogen and oxygen atoms in total. The highest BCUT2D eigenvalue weighted by Gasteiger charge is 2.47. The summed E-state index contributed by atoms with van der Waals surface area (Å²) >= 11 is 6.00. The molecule has 0 atom stereocenters. The fraction of sp³-hybridized carbons (Fsp3) is 0.211. The molecule has 26 heavy (non-hydrogen) atoms. The van der Waals surface area contributed by atoms with Crippen LogP contribution >= 0.6 is 11.6 Å². The second-order valence-electron chi connectivity index (χ2n) is 6.25. The van der Waals surface area contributed by atoms with Gasteiger partial charge in [-0.25, -0.2) is 4.68 Å². The summed E-state index contributed by atoms with van der Waals surface area (Å²) in [6.45, 7) is 0.965. The number of amides is 1. The number of methoxy groups -OCH3 is 1. The van der Waals surface area contributed by atoms with Crippen LogP contribution in [0.5, 0.6) is 0 Å². The Balaban J connectivity index is 1.50. The Labute approximate surface area is 155 Å². The minimum atomic E-state index is -0.458. The van der Waals surface area contributed by atoms with E-state index in [0.29, 0.717) is 23.8 Å². The van der Waals surface area contributed by atoms with Crippen molar-refractivity contribution in [3.8, 4) is 5.69 Å². The molecule has 2 aromatic carbocycles. The first-order valence-electron chi connectivity index (χ1n) is 8.19. The lowest BCUT2D eigenvalue weighted by Gasteiger charge is -2.49. The SMILES string of the molecule is COC1(c2ccccc2)CN(C(=O)c2cn(-c3cccc(Cl)c3)nn2)C1. The van der Waals surface area contributed by atoms with Crippen LogP contribution in [-0.2, 0) is 10.3 Å². The van der Waals surface area contributed by atoms with E-state index in [1.54, 1.807) is 35.0 Å². The summed E-state index contributed by atoms with van der Waals surface area (Å²) in [6.07, 6.45) is 1.61. The zero-order valence-corrected chi connectivity index (χ0v) is 14.9. The van der Waals surface area contributed by atoms with Crippen LogP contribution < -0.4 is 0 Å². The molecule has 1 saturated heterocycles. The predicted molar refractivity (Wildman–Crippen MR) is 97.4 cm³/mol. The minimum absolute atomic E-state index is 0.165. The molecule has 132 valence electrons. The lowest BCUT2D eigenvalue weighted by molar-refractivity contribution is -0.114. The number of aromatic nitrogens is 3. The van der Waals surface area contributed by atoms with Crippen molar-refractivity contribution in [2.45, 2.75) is 5.60 Å². The van der Waals surface area contributed by atoms with Crippen molar-refractivity contribution in [3.63, 3.8) is 0 Å². The summed E-state index contributed by atoms with van der Waals surface area (Å²) in [6, 6.07) is 17.1. The van der Waals surface area contributed by atoms with Crippen molar-refractivity contribution in [1.29, 1.82) is 0 Å². The van der Waals surface area contributed by atoms with Crippen molar-refractivity contribution < 1.29 is 9.53 Å². The molecular formula is C19H17ClN4O2. The van der Waals surface area contributed by atoms with Gasteiger partial charge in [0.05, 0.1) is 25.0 Å². The summed E-state index contributed by atoms with van der Waals surface area (Å²) in [5.74, 6) is -0.165. The van der Waals surface area contributed by atoms with Crippen LogP contribution in [0.3, 0.4) is 0 Å². The number of hydrogen-bond acceptors (Lipinski definition) is 4. The number of nitrogens with zero attached hydrogens (tertiary/aromatic N) is 4. The van der Waals surface area contributed by atoms with Crippen LogP contribution in [0, 0.1) is 0 Å². The van der Waals surface area contributed by atoms with E-state index in [2.05, 4.69) is 10.3 Å². The third-order valence-electron chi connectivity index (χ3n) is 4.66. The van der Waals surface area contributed by atoms with Crippen molar-refractivity contribution in [3.05, 3.63) is 77.1 Å². The van der Waals surface area contributed by atoms with Crippen molar-refractivity contribution in [1.82, 2.24) is 19.9 Å². The molecule has 1 aliphatic heterocycles. The van der Waals surface area contributed by atoms with E-state index in [4.69, 9.17) is 16.3 Å². The quantitative estimate of drug-likeness (QED) is 0.710. The average molecular weight is 369 g/mol. The smallest absolute Gasteiger partial charge is 0.276 e. The van der Waals surface area contributed by atoms with Crippen LogP contribution in [0.1, 0.15) is 16.1 Å². The third-order valence-corrected chi connectivity index (χ3v) is 4.89. The first-order chi connectivity index (χ1) is 12.6. The Morgan fingerprint density at radius 1 is 1.15 bits per heavy atom. The van der Waals surface area contributed by atoms with Gasteiger partial charge in [-0.15, -0.1) is 5.10 Å². The molecular weight excluding hydrogens is 352 g/mol. The summed E-state index contributed by atoms with van der Waals surface area (Å²) in [5.41, 5.74) is 1.65. The number of ether oxygens (including phenoxy) is 1. The number of likely N-dealkylation sites (tertiary alicyclic amines) is 1. The Morgan fingerprint density at radius 3 is 2.62 bits per heavy atom. The normalized spacial score (nSPS) is 15.5. The second-order valence-corrected chi connectivity index (χ2v) is 6.69. The number of halogens is 1. The van der Waals surface area contributed by atoms with E-state index in [1.165, 1.54) is 0 Å². The van der Waals surface area contributed by atoms with Crippen LogP contribution in [0.15, 0.2) is 60.8 Å². The Kier molecular flexibility index (Phi) is 4.22. The third kappa shape index (κ3) is 2.87. The molecule has 4 rings (SSSR count). The summed E-state index contributed by atoms with van der Waals surface area (Å²) < 4.78 is 7.26. The lowest BCUT2D eigenvalue weighted by atomic mass is 9.85. The molecule has 3 aromatic rings. The fourth-order valence-corrected chi connectivity index (χ4v) is 3.34. The molecule has 1 aromatic heterocycles. The largest absolute Gasteiger partial charge is 0.370 e. The zero-order valence-electron chi connectivity index (χ0n) is 14.2. The van der Waals surface area contributed by atoms with Crippen molar-refractivity contribution in [2.75, 3.05) is 20.2 Å². The molecule has 0 saturated carbocycles. The minimum Gasteiger partial charge on any atom is -0.370 e. The van der Waals surface area contributed by atoms with E-state index in [1.807, 2.05) is 42.5 Å². The number of hydrogen-bond donors (Lipinski definition) is 0. The highest BCUT2D eigenvalue weighted by atomic mass is 35.5. The summed E-state index contributed by atoms with van der Waals surface area (Å²) in [4.78, 5) is 14.4. The first-order valence-corrected chi connectivity index (χ1v) is 8.57. The monoisotopic (exact) mass is 368 g/mol. The number of carbonyl (C=O) groups is 1. The summed E-state index contributed by atoms with van der Waals surface area (Å²) in [7, 11) is 1.67. The van der Waals surface area contributed by atoms with Gasteiger partial charge in [0.15, 0.2) is 5.69 Å². The van der Waals surface area contributed by atoms with E-state index in [-0.39, 0.29) is 5.91 Å². The first kappa shape index (κ1) is 16.8. The maximum absolute atomic E-state index is 12.7. The standard InChI is InChI=1S/C19H17ClN4O2/c1-26-19(14-6-3-2-4-7-14)12-23(13-19)18(25)17-11-24(22-21-17)16-9-5-8-15(20)10-16/h2-11H,12-13H2,1H3. The van der Waals surface area contributed by atoms with Gasteiger partial charge in [-0.05, 0) is 23.8 Å². The van der Waals surface area contributed by atoms with E-state index >= 15 is 0 Å². The molecule has 0 unspecified atom stereocenters. The van der Waals surface area contributed by atoms with E-state index < -0.39 is 5.60 Å². The fourth-order valence-electron chi connectivity index (χ4n) is 3.15. The maximum atomic E-state index is 12.7. The van der Waals surface area contributed by atoms with Gasteiger partial charge in [0.25, 0.3) is 5.91 Å². The van der Waals surface area contributed by atoms with Gasteiger partial charge in [0.2, 0.25) is 0 Å². The van der Waals surface area contributed by atoms with Gasteiger partial charge in [0, 0.05) is 12.1 Å². The van der Waals surface area contributed by atoms with Crippen LogP contribution in [0.25, 0.3) is 5.69 Å². The Bertz CT molecular complexity index is 935. The highest BCUT2D eigenvalue weighted by Crippen LogP contribution is 2.35. The van der Waals surface area contributed by atoms with Gasteiger partial charge in [-0.3, -0.25) is 4.79 Å². The van der Waals surface area contributed by atoms with Gasteiger partial charge in [-0.2, -0.15) is 0 Å². The van der Waals surface area contributed by atoms with Crippen molar-refractivity contribution >= 4 is 17.5 Å². The maximum Gasteiger partial charge on any atom is 0.276 e. The molecule has 0 aliphatic carbocycles. The topological polar surface area (TPSA) is 60.2 Å². The average Bonchev–Trinajstić information content (AvgIpc) is 3.12. The van der Waals surface area contributed by atoms with Gasteiger partial charge in [0.1, 0.15) is 5.60 Å². The van der Waals surface area contributed by atoms with Crippen LogP contribution in [-0.4, -0.2) is 46.0 Å². The molecule has 0 radical (unpaired) electrons. The Morgan fingerprint density at radius 2 is 1.92 bits per heavy atom. The molecule has 7 heteroatoms. The Hall–Kier alpha value is -2.70. The van der Waals surface area contributed by atoms with E-state index in [9.17, 15) is 4.79 Å². The van der Waals surface area contributed by atoms with Crippen molar-refractivity contribution in [2.24, 2.45) is 0 Å². The van der Waals surface area contributed by atoms with Gasteiger partial charge >= 0.3 is 0 Å². The molecule has 0 spiro atoms. The molecule has 2 heterocycles. The molecule has 1 amide bonds. The zero-order chi connectivity index (χ0) is 18.1. The van der Waals surface area contributed by atoms with Gasteiger partial charge < -0.3 is 9.64 Å². The molecule has 1 fully saturated rings. The number of carbonyl (C=O) groups excluding carboxylic acids is 1. The summed E-state index contributed by atoms with van der Waals surface area (Å²) in [5, 5.41) is 8.64. The molecule has 0 bridgehead atoms. The van der Waals surface area contributed by atoms with E-state index in [0.717, 1.165) is 11.3 Å². The number of rotatable bonds is 4. The van der Waals surface area contributed by atoms with Crippen LogP contribution in [0.4, 0.5) is 0 Å². The predicted octanol–water partition coefficient (Wildman–Crippen LogP) is 2.92. The number of benzene rings is 2. The highest BCUT2D eigenvalue weighted by molar-refractivity contribution is 6.30. The second kappa shape index (κ2) is 6.55. The van der Waals surface area contributed by atoms with Crippen LogP contribution in [0.2, 0.25) is 5.02 Å². The molecule has 1 aliphatic rings.